The molecule has 1 aliphatic rings. The molecule has 0 saturated carbocycles. The van der Waals surface area contributed by atoms with Crippen molar-refractivity contribution < 1.29 is 4.74 Å². The van der Waals surface area contributed by atoms with Crippen molar-refractivity contribution >= 4 is 0 Å². The number of fused-ring (bicyclic) bond motifs is 1. The Morgan fingerprint density at radius 3 is 3.13 bits per heavy atom. The van der Waals surface area contributed by atoms with Gasteiger partial charge in [0.15, 0.2) is 0 Å². The molecular weight excluding hydrogens is 186 g/mol. The normalized spacial score (nSPS) is 19.1. The SMILES string of the molecule is COc1ccc2c(c1)C(CC#N)CCC2. The second-order valence-corrected chi connectivity index (χ2v) is 4.02. The minimum absolute atomic E-state index is 0.411. The zero-order chi connectivity index (χ0) is 10.7. The Bertz CT molecular complexity index is 392. The Kier molecular flexibility index (Phi) is 2.91. The minimum Gasteiger partial charge on any atom is -0.497 e. The Balaban J connectivity index is 2.35. The predicted octanol–water partition coefficient (Wildman–Crippen LogP) is 3.03. The fraction of sp³-hybridized carbons (Fsp3) is 0.462. The maximum absolute atomic E-state index is 8.79. The fourth-order valence-electron chi connectivity index (χ4n) is 2.32. The summed E-state index contributed by atoms with van der Waals surface area (Å²) in [7, 11) is 1.68. The van der Waals surface area contributed by atoms with Gasteiger partial charge in [-0.05, 0) is 48.4 Å². The molecule has 0 aliphatic heterocycles. The number of hydrogen-bond acceptors (Lipinski definition) is 2. The summed E-state index contributed by atoms with van der Waals surface area (Å²) in [4.78, 5) is 0. The van der Waals surface area contributed by atoms with Crippen LogP contribution < -0.4 is 4.74 Å². The zero-order valence-electron chi connectivity index (χ0n) is 8.99. The molecule has 2 nitrogen and oxygen atoms in total. The van der Waals surface area contributed by atoms with Crippen molar-refractivity contribution in [1.82, 2.24) is 0 Å². The molecule has 0 spiro atoms. The first-order valence-corrected chi connectivity index (χ1v) is 5.39. The first kappa shape index (κ1) is 10.0. The number of benzene rings is 1. The average molecular weight is 201 g/mol. The molecule has 0 amide bonds. The van der Waals surface area contributed by atoms with Gasteiger partial charge >= 0.3 is 0 Å². The smallest absolute Gasteiger partial charge is 0.119 e. The molecule has 0 fully saturated rings. The molecular formula is C13H15NO. The summed E-state index contributed by atoms with van der Waals surface area (Å²) >= 11 is 0. The van der Waals surface area contributed by atoms with Crippen LogP contribution in [0.5, 0.6) is 5.75 Å². The maximum atomic E-state index is 8.79. The maximum Gasteiger partial charge on any atom is 0.119 e. The van der Waals surface area contributed by atoms with Crippen LogP contribution in [-0.2, 0) is 6.42 Å². The highest BCUT2D eigenvalue weighted by molar-refractivity contribution is 5.39. The van der Waals surface area contributed by atoms with Gasteiger partial charge in [0.05, 0.1) is 13.2 Å². The van der Waals surface area contributed by atoms with Crippen molar-refractivity contribution in [3.05, 3.63) is 29.3 Å². The van der Waals surface area contributed by atoms with Gasteiger partial charge in [0.1, 0.15) is 5.75 Å². The van der Waals surface area contributed by atoms with E-state index in [1.807, 2.05) is 6.07 Å². The molecule has 0 heterocycles. The lowest BCUT2D eigenvalue weighted by Gasteiger charge is -2.24. The van der Waals surface area contributed by atoms with Gasteiger partial charge in [0, 0.05) is 6.42 Å². The molecule has 1 unspecified atom stereocenters. The molecule has 78 valence electrons. The van der Waals surface area contributed by atoms with Crippen LogP contribution in [0.15, 0.2) is 18.2 Å². The van der Waals surface area contributed by atoms with Crippen molar-refractivity contribution in [3.8, 4) is 11.8 Å². The Hall–Kier alpha value is -1.49. The molecule has 0 N–H and O–H groups in total. The minimum atomic E-state index is 0.411. The van der Waals surface area contributed by atoms with Crippen molar-refractivity contribution in [1.29, 1.82) is 5.26 Å². The summed E-state index contributed by atoms with van der Waals surface area (Å²) in [5.74, 6) is 1.31. The molecule has 1 aromatic rings. The fourth-order valence-corrected chi connectivity index (χ4v) is 2.32. The van der Waals surface area contributed by atoms with Gasteiger partial charge in [-0.3, -0.25) is 0 Å². The lowest BCUT2D eigenvalue weighted by atomic mass is 9.81. The number of ether oxygens (including phenoxy) is 1. The highest BCUT2D eigenvalue weighted by Crippen LogP contribution is 2.35. The lowest BCUT2D eigenvalue weighted by molar-refractivity contribution is 0.412. The van der Waals surface area contributed by atoms with Crippen LogP contribution in [0.1, 0.15) is 36.3 Å². The van der Waals surface area contributed by atoms with Crippen molar-refractivity contribution in [2.45, 2.75) is 31.6 Å². The number of methoxy groups -OCH3 is 1. The van der Waals surface area contributed by atoms with E-state index >= 15 is 0 Å². The second-order valence-electron chi connectivity index (χ2n) is 4.02. The van der Waals surface area contributed by atoms with Gasteiger partial charge in [-0.15, -0.1) is 0 Å². The zero-order valence-corrected chi connectivity index (χ0v) is 8.99. The van der Waals surface area contributed by atoms with E-state index in [1.165, 1.54) is 17.5 Å². The van der Waals surface area contributed by atoms with E-state index in [0.29, 0.717) is 12.3 Å². The number of aryl methyl sites for hydroxylation is 1. The molecule has 1 atom stereocenters. The van der Waals surface area contributed by atoms with E-state index in [9.17, 15) is 0 Å². The van der Waals surface area contributed by atoms with Crippen LogP contribution >= 0.6 is 0 Å². The Morgan fingerprint density at radius 1 is 1.53 bits per heavy atom. The quantitative estimate of drug-likeness (QED) is 0.736. The molecule has 0 aromatic heterocycles. The number of hydrogen-bond donors (Lipinski definition) is 0. The largest absolute Gasteiger partial charge is 0.497 e. The molecule has 1 aromatic carbocycles. The van der Waals surface area contributed by atoms with E-state index in [-0.39, 0.29) is 0 Å². The number of rotatable bonds is 2. The predicted molar refractivity (Wildman–Crippen MR) is 58.9 cm³/mol. The monoisotopic (exact) mass is 201 g/mol. The third-order valence-electron chi connectivity index (χ3n) is 3.13. The molecule has 15 heavy (non-hydrogen) atoms. The van der Waals surface area contributed by atoms with E-state index < -0.39 is 0 Å². The van der Waals surface area contributed by atoms with Crippen LogP contribution in [0.4, 0.5) is 0 Å². The standard InChI is InChI=1S/C13H15NO/c1-15-12-6-5-10-3-2-4-11(7-8-14)13(10)9-12/h5-6,9,11H,2-4,7H2,1H3. The topological polar surface area (TPSA) is 33.0 Å². The molecule has 2 heteroatoms. The van der Waals surface area contributed by atoms with Gasteiger partial charge in [-0.25, -0.2) is 0 Å². The molecule has 0 radical (unpaired) electrons. The van der Waals surface area contributed by atoms with E-state index in [1.54, 1.807) is 7.11 Å². The molecule has 2 rings (SSSR count). The summed E-state index contributed by atoms with van der Waals surface area (Å²) in [6.45, 7) is 0. The number of nitrogens with zero attached hydrogens (tertiary/aromatic N) is 1. The van der Waals surface area contributed by atoms with Crippen molar-refractivity contribution in [2.75, 3.05) is 7.11 Å². The summed E-state index contributed by atoms with van der Waals surface area (Å²) in [6, 6.07) is 8.51. The van der Waals surface area contributed by atoms with E-state index in [4.69, 9.17) is 10.00 Å². The summed E-state index contributed by atoms with van der Waals surface area (Å²) in [5, 5.41) is 8.79. The van der Waals surface area contributed by atoms with Crippen LogP contribution in [0.25, 0.3) is 0 Å². The molecule has 1 aliphatic carbocycles. The first-order chi connectivity index (χ1) is 7.35. The lowest BCUT2D eigenvalue weighted by Crippen LogP contribution is -2.09. The average Bonchev–Trinajstić information content (AvgIpc) is 2.29. The highest BCUT2D eigenvalue weighted by Gasteiger charge is 2.20. The van der Waals surface area contributed by atoms with Gasteiger partial charge in [0.25, 0.3) is 0 Å². The summed E-state index contributed by atoms with van der Waals surface area (Å²) in [6.07, 6.45) is 4.10. The van der Waals surface area contributed by atoms with Crippen molar-refractivity contribution in [3.63, 3.8) is 0 Å². The van der Waals surface area contributed by atoms with Crippen LogP contribution in [0, 0.1) is 11.3 Å². The van der Waals surface area contributed by atoms with Crippen molar-refractivity contribution in [2.24, 2.45) is 0 Å². The van der Waals surface area contributed by atoms with Crippen LogP contribution in [0.2, 0.25) is 0 Å². The van der Waals surface area contributed by atoms with Gasteiger partial charge in [-0.2, -0.15) is 5.26 Å². The van der Waals surface area contributed by atoms with Gasteiger partial charge < -0.3 is 4.74 Å². The van der Waals surface area contributed by atoms with Crippen LogP contribution in [0.3, 0.4) is 0 Å². The second kappa shape index (κ2) is 4.35. The third-order valence-corrected chi connectivity index (χ3v) is 3.13. The highest BCUT2D eigenvalue weighted by atomic mass is 16.5. The van der Waals surface area contributed by atoms with Gasteiger partial charge in [0.2, 0.25) is 0 Å². The molecule has 0 saturated heterocycles. The number of nitriles is 1. The third kappa shape index (κ3) is 1.97. The van der Waals surface area contributed by atoms with E-state index in [2.05, 4.69) is 18.2 Å². The summed E-state index contributed by atoms with van der Waals surface area (Å²) in [5.41, 5.74) is 2.71. The Labute approximate surface area is 90.5 Å². The first-order valence-electron chi connectivity index (χ1n) is 5.39. The van der Waals surface area contributed by atoms with Crippen LogP contribution in [-0.4, -0.2) is 7.11 Å². The van der Waals surface area contributed by atoms with Gasteiger partial charge in [-0.1, -0.05) is 6.07 Å². The van der Waals surface area contributed by atoms with E-state index in [0.717, 1.165) is 18.6 Å². The Morgan fingerprint density at radius 2 is 2.40 bits per heavy atom. The summed E-state index contributed by atoms with van der Waals surface area (Å²) < 4.78 is 5.22. The molecule has 0 bridgehead atoms.